The lowest BCUT2D eigenvalue weighted by atomic mass is 9.89. The van der Waals surface area contributed by atoms with Crippen molar-refractivity contribution in [2.75, 3.05) is 19.6 Å². The molecule has 1 aliphatic rings. The van der Waals surface area contributed by atoms with E-state index in [1.165, 1.54) is 4.70 Å². The van der Waals surface area contributed by atoms with Gasteiger partial charge in [0.15, 0.2) is 0 Å². The topological polar surface area (TPSA) is 54.0 Å². The lowest BCUT2D eigenvalue weighted by Crippen LogP contribution is -2.41. The smallest absolute Gasteiger partial charge is 0.227 e. The molecule has 1 atom stereocenters. The van der Waals surface area contributed by atoms with Crippen LogP contribution in [0.1, 0.15) is 18.4 Å². The van der Waals surface area contributed by atoms with Gasteiger partial charge in [0.1, 0.15) is 0 Å². The fourth-order valence-electron chi connectivity index (χ4n) is 2.53. The zero-order chi connectivity index (χ0) is 14.0. The van der Waals surface area contributed by atoms with Crippen molar-refractivity contribution in [2.45, 2.75) is 19.8 Å². The monoisotopic (exact) mass is 325 g/mol. The number of fused-ring (bicyclic) bond motifs is 1. The number of carbonyl (C=O) groups excluding carboxylic acids is 1. The second-order valence-electron chi connectivity index (χ2n) is 5.57. The van der Waals surface area contributed by atoms with Crippen LogP contribution in [0.15, 0.2) is 24.3 Å². The van der Waals surface area contributed by atoms with Crippen molar-refractivity contribution in [2.24, 2.45) is 5.41 Å². The number of hydrogen-bond acceptors (Lipinski definition) is 4. The van der Waals surface area contributed by atoms with Crippen LogP contribution in [0.4, 0.5) is 0 Å². The fourth-order valence-corrected chi connectivity index (χ4v) is 3.50. The van der Waals surface area contributed by atoms with Crippen LogP contribution in [0.5, 0.6) is 0 Å². The summed E-state index contributed by atoms with van der Waals surface area (Å²) >= 11 is 1.71. The summed E-state index contributed by atoms with van der Waals surface area (Å²) in [7, 11) is 0. The van der Waals surface area contributed by atoms with E-state index in [4.69, 9.17) is 0 Å². The maximum absolute atomic E-state index is 12.2. The summed E-state index contributed by atoms with van der Waals surface area (Å²) in [5.41, 5.74) is 0.805. The Morgan fingerprint density at radius 2 is 2.29 bits per heavy atom. The first-order chi connectivity index (χ1) is 9.67. The lowest BCUT2D eigenvalue weighted by molar-refractivity contribution is -0.129. The molecule has 0 saturated carbocycles. The molecule has 0 aliphatic carbocycles. The highest BCUT2D eigenvalue weighted by Crippen LogP contribution is 2.25. The molecule has 6 heteroatoms. The molecule has 1 saturated heterocycles. The molecule has 3 rings (SSSR count). The maximum Gasteiger partial charge on any atom is 0.227 e. The number of halogens is 1. The molecule has 1 aliphatic heterocycles. The number of nitrogens with zero attached hydrogens (tertiary/aromatic N) is 1. The SMILES string of the molecule is CC1(C(=O)NCCc2nc3ccccc3s2)CCNC1.Cl. The molecule has 0 bridgehead atoms. The number of rotatable bonds is 4. The molecule has 2 aromatic rings. The van der Waals surface area contributed by atoms with Crippen LogP contribution >= 0.6 is 23.7 Å². The van der Waals surface area contributed by atoms with E-state index in [0.29, 0.717) is 6.54 Å². The summed E-state index contributed by atoms with van der Waals surface area (Å²) in [5.74, 6) is 0.156. The number of thiazole rings is 1. The molecule has 0 spiro atoms. The van der Waals surface area contributed by atoms with E-state index in [0.717, 1.165) is 36.5 Å². The van der Waals surface area contributed by atoms with Crippen LogP contribution in [0.2, 0.25) is 0 Å². The zero-order valence-corrected chi connectivity index (χ0v) is 13.6. The van der Waals surface area contributed by atoms with Gasteiger partial charge in [0.25, 0.3) is 0 Å². The summed E-state index contributed by atoms with van der Waals surface area (Å²) in [6.07, 6.45) is 1.72. The van der Waals surface area contributed by atoms with Crippen LogP contribution in [0, 0.1) is 5.41 Å². The minimum atomic E-state index is -0.242. The standard InChI is InChI=1S/C15H19N3OS.ClH/c1-15(7-9-16-10-15)14(19)17-8-6-13-18-11-4-2-3-5-12(11)20-13;/h2-5,16H,6-10H2,1H3,(H,17,19);1H. The van der Waals surface area contributed by atoms with E-state index in [9.17, 15) is 4.79 Å². The molecule has 4 nitrogen and oxygen atoms in total. The number of amides is 1. The zero-order valence-electron chi connectivity index (χ0n) is 12.0. The van der Waals surface area contributed by atoms with Gasteiger partial charge in [-0.3, -0.25) is 4.79 Å². The third kappa shape index (κ3) is 3.54. The fraction of sp³-hybridized carbons (Fsp3) is 0.467. The minimum Gasteiger partial charge on any atom is -0.355 e. The van der Waals surface area contributed by atoms with Crippen molar-refractivity contribution in [1.29, 1.82) is 0 Å². The quantitative estimate of drug-likeness (QED) is 0.907. The molecule has 2 heterocycles. The molecule has 1 fully saturated rings. The molecule has 1 unspecified atom stereocenters. The van der Waals surface area contributed by atoms with E-state index in [-0.39, 0.29) is 23.7 Å². The molecule has 1 aromatic heterocycles. The highest BCUT2D eigenvalue weighted by Gasteiger charge is 2.35. The Labute approximate surface area is 134 Å². The van der Waals surface area contributed by atoms with Gasteiger partial charge < -0.3 is 10.6 Å². The molecule has 21 heavy (non-hydrogen) atoms. The average molecular weight is 326 g/mol. The highest BCUT2D eigenvalue weighted by molar-refractivity contribution is 7.18. The molecule has 114 valence electrons. The lowest BCUT2D eigenvalue weighted by Gasteiger charge is -2.21. The Morgan fingerprint density at radius 1 is 1.48 bits per heavy atom. The third-order valence-corrected chi connectivity index (χ3v) is 4.98. The predicted octanol–water partition coefficient (Wildman–Crippen LogP) is 2.38. The van der Waals surface area contributed by atoms with Gasteiger partial charge in [-0.05, 0) is 32.0 Å². The first kappa shape index (κ1) is 16.2. The Hall–Kier alpha value is -1.17. The summed E-state index contributed by atoms with van der Waals surface area (Å²) < 4.78 is 1.21. The Bertz CT molecular complexity index is 589. The van der Waals surface area contributed by atoms with Crippen LogP contribution in [-0.4, -0.2) is 30.5 Å². The highest BCUT2D eigenvalue weighted by atomic mass is 35.5. The van der Waals surface area contributed by atoms with Gasteiger partial charge >= 0.3 is 0 Å². The van der Waals surface area contributed by atoms with E-state index in [2.05, 4.69) is 21.7 Å². The first-order valence-electron chi connectivity index (χ1n) is 7.01. The molecule has 1 aromatic carbocycles. The van der Waals surface area contributed by atoms with Crippen molar-refractivity contribution in [3.8, 4) is 0 Å². The van der Waals surface area contributed by atoms with Crippen molar-refractivity contribution >= 4 is 39.9 Å². The normalized spacial score (nSPS) is 21.2. The summed E-state index contributed by atoms with van der Waals surface area (Å²) in [6, 6.07) is 8.14. The molecule has 0 radical (unpaired) electrons. The van der Waals surface area contributed by atoms with Gasteiger partial charge in [0.2, 0.25) is 5.91 Å². The largest absolute Gasteiger partial charge is 0.355 e. The molecular weight excluding hydrogens is 306 g/mol. The summed E-state index contributed by atoms with van der Waals surface area (Å²) in [5, 5.41) is 7.38. The predicted molar refractivity (Wildman–Crippen MR) is 89.2 cm³/mol. The van der Waals surface area contributed by atoms with Crippen LogP contribution in [0.3, 0.4) is 0 Å². The average Bonchev–Trinajstić information content (AvgIpc) is 3.05. The molecule has 2 N–H and O–H groups in total. The van der Waals surface area contributed by atoms with Gasteiger partial charge in [0, 0.05) is 19.5 Å². The van der Waals surface area contributed by atoms with Crippen LogP contribution in [-0.2, 0) is 11.2 Å². The van der Waals surface area contributed by atoms with E-state index >= 15 is 0 Å². The number of hydrogen-bond donors (Lipinski definition) is 2. The van der Waals surface area contributed by atoms with Gasteiger partial charge in [-0.25, -0.2) is 4.98 Å². The number of carbonyl (C=O) groups is 1. The maximum atomic E-state index is 12.2. The Balaban J connectivity index is 0.00000161. The number of para-hydroxylation sites is 1. The third-order valence-electron chi connectivity index (χ3n) is 3.88. The number of aromatic nitrogens is 1. The van der Waals surface area contributed by atoms with Crippen molar-refractivity contribution in [3.05, 3.63) is 29.3 Å². The van der Waals surface area contributed by atoms with Gasteiger partial charge in [-0.15, -0.1) is 23.7 Å². The second-order valence-corrected chi connectivity index (χ2v) is 6.68. The van der Waals surface area contributed by atoms with Gasteiger partial charge in [-0.1, -0.05) is 12.1 Å². The Morgan fingerprint density at radius 3 is 3.00 bits per heavy atom. The van der Waals surface area contributed by atoms with E-state index in [1.54, 1.807) is 11.3 Å². The van der Waals surface area contributed by atoms with E-state index in [1.807, 2.05) is 25.1 Å². The summed E-state index contributed by atoms with van der Waals surface area (Å²) in [6.45, 7) is 4.40. The first-order valence-corrected chi connectivity index (χ1v) is 7.82. The van der Waals surface area contributed by atoms with Gasteiger partial charge in [-0.2, -0.15) is 0 Å². The van der Waals surface area contributed by atoms with Gasteiger partial charge in [0.05, 0.1) is 20.6 Å². The molecular formula is C15H20ClN3OS. The van der Waals surface area contributed by atoms with Crippen molar-refractivity contribution < 1.29 is 4.79 Å². The van der Waals surface area contributed by atoms with Crippen molar-refractivity contribution in [3.63, 3.8) is 0 Å². The molecule has 1 amide bonds. The Kier molecular flexibility index (Phi) is 5.19. The van der Waals surface area contributed by atoms with Crippen molar-refractivity contribution in [1.82, 2.24) is 15.6 Å². The summed E-state index contributed by atoms with van der Waals surface area (Å²) in [4.78, 5) is 16.7. The number of nitrogens with one attached hydrogen (secondary N) is 2. The second kappa shape index (κ2) is 6.73. The van der Waals surface area contributed by atoms with E-state index < -0.39 is 0 Å². The van der Waals surface area contributed by atoms with Crippen LogP contribution in [0.25, 0.3) is 10.2 Å². The number of benzene rings is 1. The van der Waals surface area contributed by atoms with Crippen LogP contribution < -0.4 is 10.6 Å². The minimum absolute atomic E-state index is 0.